The fourth-order valence-corrected chi connectivity index (χ4v) is 5.04. The van der Waals surface area contributed by atoms with Gasteiger partial charge >= 0.3 is 0 Å². The Morgan fingerprint density at radius 3 is 1.71 bits per heavy atom. The molecular weight excluding hydrogens is 172 g/mol. The molecule has 0 spiro atoms. The highest BCUT2D eigenvalue weighted by Crippen LogP contribution is 2.61. The first-order valence-electron chi connectivity index (χ1n) is 6.16. The maximum absolute atomic E-state index is 5.79. The minimum absolute atomic E-state index is 0.0775. The molecule has 0 saturated heterocycles. The van der Waals surface area contributed by atoms with Crippen molar-refractivity contribution in [2.45, 2.75) is 51.1 Å². The minimum atomic E-state index is -0.0775. The summed E-state index contributed by atoms with van der Waals surface area (Å²) in [7, 11) is 0. The Balaban J connectivity index is 1.80. The van der Waals surface area contributed by atoms with E-state index in [9.17, 15) is 0 Å². The van der Waals surface area contributed by atoms with Crippen LogP contribution in [0.25, 0.3) is 0 Å². The number of hydrogen-bond donors (Lipinski definition) is 2. The average Bonchev–Trinajstić information content (AvgIpc) is 1.96. The number of rotatable bonds is 2. The fraction of sp³-hybridized carbons (Fsp3) is 1.00. The summed E-state index contributed by atoms with van der Waals surface area (Å²) in [6.07, 6.45) is 9.84. The van der Waals surface area contributed by atoms with Crippen LogP contribution in [0, 0.1) is 23.2 Å². The number of nitrogens with two attached hydrogens (primary N) is 2. The molecule has 4 fully saturated rings. The molecule has 0 amide bonds. The smallest absolute Gasteiger partial charge is 0.0526 e. The predicted molar refractivity (Wildman–Crippen MR) is 57.4 cm³/mol. The maximum atomic E-state index is 5.79. The highest BCUT2D eigenvalue weighted by Gasteiger charge is 2.50. The summed E-state index contributed by atoms with van der Waals surface area (Å²) < 4.78 is 0. The van der Waals surface area contributed by atoms with E-state index in [0.717, 1.165) is 24.2 Å². The summed E-state index contributed by atoms with van der Waals surface area (Å²) >= 11 is 0. The molecule has 0 unspecified atom stereocenters. The molecule has 0 radical (unpaired) electrons. The van der Waals surface area contributed by atoms with Crippen LogP contribution in [0.5, 0.6) is 0 Å². The second kappa shape index (κ2) is 2.96. The first-order valence-corrected chi connectivity index (χ1v) is 6.16. The Bertz CT molecular complexity index is 193. The molecule has 0 aromatic rings. The van der Waals surface area contributed by atoms with E-state index in [-0.39, 0.29) is 6.17 Å². The van der Waals surface area contributed by atoms with Crippen molar-refractivity contribution in [3.63, 3.8) is 0 Å². The summed E-state index contributed by atoms with van der Waals surface area (Å²) in [6, 6.07) is 0. The van der Waals surface area contributed by atoms with Gasteiger partial charge in [-0.25, -0.2) is 0 Å². The van der Waals surface area contributed by atoms with Crippen molar-refractivity contribution in [3.05, 3.63) is 0 Å². The summed E-state index contributed by atoms with van der Waals surface area (Å²) in [4.78, 5) is 0. The highest BCUT2D eigenvalue weighted by molar-refractivity contribution is 5.01. The molecule has 14 heavy (non-hydrogen) atoms. The second-order valence-electron chi connectivity index (χ2n) is 6.29. The van der Waals surface area contributed by atoms with E-state index in [4.69, 9.17) is 11.5 Å². The van der Waals surface area contributed by atoms with Crippen LogP contribution in [0.2, 0.25) is 0 Å². The third-order valence-electron chi connectivity index (χ3n) is 4.83. The van der Waals surface area contributed by atoms with Crippen molar-refractivity contribution in [1.29, 1.82) is 0 Å². The van der Waals surface area contributed by atoms with E-state index < -0.39 is 0 Å². The van der Waals surface area contributed by atoms with Gasteiger partial charge in [0.05, 0.1) is 6.17 Å². The van der Waals surface area contributed by atoms with Gasteiger partial charge < -0.3 is 11.5 Å². The lowest BCUT2D eigenvalue weighted by Crippen LogP contribution is -2.49. The van der Waals surface area contributed by atoms with Crippen LogP contribution in [0.15, 0.2) is 0 Å². The van der Waals surface area contributed by atoms with E-state index in [1.165, 1.54) is 38.5 Å². The molecule has 0 aliphatic heterocycles. The lowest BCUT2D eigenvalue weighted by atomic mass is 9.48. The Labute approximate surface area is 86.4 Å². The third kappa shape index (κ3) is 1.40. The van der Waals surface area contributed by atoms with Crippen LogP contribution >= 0.6 is 0 Å². The summed E-state index contributed by atoms with van der Waals surface area (Å²) in [6.45, 7) is 0. The zero-order chi connectivity index (χ0) is 9.76. The van der Waals surface area contributed by atoms with Gasteiger partial charge in [-0.15, -0.1) is 0 Å². The predicted octanol–water partition coefficient (Wildman–Crippen LogP) is 1.84. The molecule has 0 atom stereocenters. The Morgan fingerprint density at radius 2 is 1.36 bits per heavy atom. The molecule has 2 nitrogen and oxygen atoms in total. The molecule has 4 N–H and O–H groups in total. The van der Waals surface area contributed by atoms with Crippen molar-refractivity contribution in [2.24, 2.45) is 34.6 Å². The topological polar surface area (TPSA) is 52.0 Å². The van der Waals surface area contributed by atoms with Crippen LogP contribution in [0.4, 0.5) is 0 Å². The summed E-state index contributed by atoms with van der Waals surface area (Å²) in [5, 5.41) is 0. The molecule has 4 bridgehead atoms. The molecule has 0 aromatic heterocycles. The van der Waals surface area contributed by atoms with Crippen molar-refractivity contribution >= 4 is 0 Å². The molecule has 4 rings (SSSR count). The lowest BCUT2D eigenvalue weighted by molar-refractivity contribution is -0.0600. The highest BCUT2D eigenvalue weighted by atomic mass is 14.9. The Hall–Kier alpha value is -0.0800. The van der Waals surface area contributed by atoms with Gasteiger partial charge in [-0.1, -0.05) is 0 Å². The average molecular weight is 194 g/mol. The molecule has 0 aromatic carbocycles. The van der Waals surface area contributed by atoms with Crippen molar-refractivity contribution < 1.29 is 0 Å². The molecule has 2 heteroatoms. The van der Waals surface area contributed by atoms with Gasteiger partial charge in [-0.3, -0.25) is 0 Å². The van der Waals surface area contributed by atoms with Gasteiger partial charge in [0.2, 0.25) is 0 Å². The third-order valence-corrected chi connectivity index (χ3v) is 4.83. The van der Waals surface area contributed by atoms with Gasteiger partial charge in [0.1, 0.15) is 0 Å². The zero-order valence-corrected chi connectivity index (χ0v) is 8.91. The lowest BCUT2D eigenvalue weighted by Gasteiger charge is -2.57. The molecule has 4 aliphatic carbocycles. The SMILES string of the molecule is NC(N)CC12CC3CC(CC(C3)C1)C2. The van der Waals surface area contributed by atoms with Crippen molar-refractivity contribution in [2.75, 3.05) is 0 Å². The fourth-order valence-electron chi connectivity index (χ4n) is 5.04. The van der Waals surface area contributed by atoms with E-state index in [1.807, 2.05) is 0 Å². The van der Waals surface area contributed by atoms with Gasteiger partial charge in [0, 0.05) is 0 Å². The van der Waals surface area contributed by atoms with Gasteiger partial charge in [0.15, 0.2) is 0 Å². The Kier molecular flexibility index (Phi) is 1.94. The van der Waals surface area contributed by atoms with Crippen molar-refractivity contribution in [1.82, 2.24) is 0 Å². The van der Waals surface area contributed by atoms with Crippen LogP contribution in [-0.4, -0.2) is 6.17 Å². The largest absolute Gasteiger partial charge is 0.316 e. The normalized spacial score (nSPS) is 50.4. The zero-order valence-electron chi connectivity index (χ0n) is 8.91. The van der Waals surface area contributed by atoms with Crippen molar-refractivity contribution in [3.8, 4) is 0 Å². The van der Waals surface area contributed by atoms with Crippen LogP contribution in [0.1, 0.15) is 44.9 Å². The first kappa shape index (κ1) is 9.17. The Morgan fingerprint density at radius 1 is 0.929 bits per heavy atom. The maximum Gasteiger partial charge on any atom is 0.0526 e. The monoisotopic (exact) mass is 194 g/mol. The standard InChI is InChI=1S/C12H22N2/c13-11(14)7-12-4-8-1-9(5-12)3-10(2-8)6-12/h8-11H,1-7,13-14H2. The summed E-state index contributed by atoms with van der Waals surface area (Å²) in [5.41, 5.74) is 12.2. The van der Waals surface area contributed by atoms with E-state index in [1.54, 1.807) is 0 Å². The van der Waals surface area contributed by atoms with Crippen LogP contribution < -0.4 is 11.5 Å². The van der Waals surface area contributed by atoms with E-state index in [2.05, 4.69) is 0 Å². The first-order chi connectivity index (χ1) is 6.65. The van der Waals surface area contributed by atoms with E-state index >= 15 is 0 Å². The molecule has 4 saturated carbocycles. The van der Waals surface area contributed by atoms with Gasteiger partial charge in [-0.2, -0.15) is 0 Å². The van der Waals surface area contributed by atoms with Gasteiger partial charge in [-0.05, 0) is 68.1 Å². The summed E-state index contributed by atoms with van der Waals surface area (Å²) in [5.74, 6) is 3.08. The number of hydrogen-bond acceptors (Lipinski definition) is 2. The van der Waals surface area contributed by atoms with Gasteiger partial charge in [0.25, 0.3) is 0 Å². The quantitative estimate of drug-likeness (QED) is 0.659. The van der Waals surface area contributed by atoms with E-state index in [0.29, 0.717) is 5.41 Å². The van der Waals surface area contributed by atoms with Crippen LogP contribution in [-0.2, 0) is 0 Å². The molecule has 80 valence electrons. The van der Waals surface area contributed by atoms with Crippen LogP contribution in [0.3, 0.4) is 0 Å². The molecule has 4 aliphatic rings. The molecule has 0 heterocycles. The minimum Gasteiger partial charge on any atom is -0.316 e. The second-order valence-corrected chi connectivity index (χ2v) is 6.29. The molecular formula is C12H22N2.